The molecule has 0 N–H and O–H groups in total. The lowest BCUT2D eigenvalue weighted by molar-refractivity contribution is -0.141. The molecular formula is C15H19NO3. The summed E-state index contributed by atoms with van der Waals surface area (Å²) in [5.41, 5.74) is 1.66. The fourth-order valence-electron chi connectivity index (χ4n) is 2.05. The van der Waals surface area contributed by atoms with Gasteiger partial charge >= 0.3 is 5.97 Å². The van der Waals surface area contributed by atoms with Gasteiger partial charge in [-0.15, -0.1) is 0 Å². The van der Waals surface area contributed by atoms with Crippen LogP contribution in [0.15, 0.2) is 24.3 Å². The van der Waals surface area contributed by atoms with Gasteiger partial charge in [0.2, 0.25) is 0 Å². The lowest BCUT2D eigenvalue weighted by Gasteiger charge is -2.23. The van der Waals surface area contributed by atoms with Crippen molar-refractivity contribution < 1.29 is 14.3 Å². The second-order valence-corrected chi connectivity index (χ2v) is 4.77. The van der Waals surface area contributed by atoms with Gasteiger partial charge in [-0.05, 0) is 51.0 Å². The van der Waals surface area contributed by atoms with E-state index in [2.05, 4.69) is 4.90 Å². The molecule has 0 radical (unpaired) electrons. The number of rotatable bonds is 6. The zero-order chi connectivity index (χ0) is 13.8. The average molecular weight is 261 g/mol. The van der Waals surface area contributed by atoms with Crippen LogP contribution < -0.4 is 4.90 Å². The Hall–Kier alpha value is -1.84. The van der Waals surface area contributed by atoms with Crippen LogP contribution in [0.2, 0.25) is 0 Å². The standard InChI is InChI=1S/C15H19NO3/c1-3-19-15(18)10-16(14-8-9-14)13-6-4-12(5-7-13)11(2)17/h4-7,14H,3,8-10H2,1-2H3. The van der Waals surface area contributed by atoms with Crippen molar-refractivity contribution in [2.24, 2.45) is 0 Å². The van der Waals surface area contributed by atoms with E-state index in [0.29, 0.717) is 18.2 Å². The predicted octanol–water partition coefficient (Wildman–Crippen LogP) is 2.42. The molecule has 0 saturated heterocycles. The molecule has 4 nitrogen and oxygen atoms in total. The largest absolute Gasteiger partial charge is 0.465 e. The van der Waals surface area contributed by atoms with Crippen LogP contribution in [0.5, 0.6) is 0 Å². The number of carbonyl (C=O) groups excluding carboxylic acids is 2. The summed E-state index contributed by atoms with van der Waals surface area (Å²) in [4.78, 5) is 24.9. The molecule has 0 heterocycles. The van der Waals surface area contributed by atoms with E-state index in [0.717, 1.165) is 18.5 Å². The summed E-state index contributed by atoms with van der Waals surface area (Å²) in [6, 6.07) is 7.83. The molecule has 0 bridgehead atoms. The predicted molar refractivity (Wildman–Crippen MR) is 73.4 cm³/mol. The van der Waals surface area contributed by atoms with E-state index < -0.39 is 0 Å². The quantitative estimate of drug-likeness (QED) is 0.583. The van der Waals surface area contributed by atoms with Gasteiger partial charge in [0.15, 0.2) is 5.78 Å². The number of ketones is 1. The summed E-state index contributed by atoms with van der Waals surface area (Å²) in [5, 5.41) is 0. The number of hydrogen-bond donors (Lipinski definition) is 0. The van der Waals surface area contributed by atoms with Gasteiger partial charge in [-0.2, -0.15) is 0 Å². The molecule has 0 amide bonds. The Labute approximate surface area is 113 Å². The molecule has 4 heteroatoms. The van der Waals surface area contributed by atoms with Gasteiger partial charge in [-0.1, -0.05) is 0 Å². The second kappa shape index (κ2) is 5.87. The van der Waals surface area contributed by atoms with Crippen molar-refractivity contribution in [2.75, 3.05) is 18.1 Å². The lowest BCUT2D eigenvalue weighted by Crippen LogP contribution is -2.32. The molecule has 1 fully saturated rings. The van der Waals surface area contributed by atoms with Gasteiger partial charge < -0.3 is 9.64 Å². The van der Waals surface area contributed by atoms with Crippen molar-refractivity contribution in [1.29, 1.82) is 0 Å². The van der Waals surface area contributed by atoms with Crippen molar-refractivity contribution in [1.82, 2.24) is 0 Å². The molecular weight excluding hydrogens is 242 g/mol. The first-order chi connectivity index (χ1) is 9.11. The number of hydrogen-bond acceptors (Lipinski definition) is 4. The van der Waals surface area contributed by atoms with Gasteiger partial charge in [0.25, 0.3) is 0 Å². The van der Waals surface area contributed by atoms with Gasteiger partial charge in [-0.3, -0.25) is 9.59 Å². The van der Waals surface area contributed by atoms with Crippen LogP contribution in [-0.4, -0.2) is 30.9 Å². The summed E-state index contributed by atoms with van der Waals surface area (Å²) in [6.07, 6.45) is 2.21. The minimum absolute atomic E-state index is 0.0508. The number of nitrogens with zero attached hydrogens (tertiary/aromatic N) is 1. The molecule has 0 atom stereocenters. The molecule has 0 unspecified atom stereocenters. The normalized spacial score (nSPS) is 14.0. The van der Waals surface area contributed by atoms with Crippen LogP contribution in [-0.2, 0) is 9.53 Å². The minimum Gasteiger partial charge on any atom is -0.465 e. The molecule has 1 aromatic carbocycles. The fraction of sp³-hybridized carbons (Fsp3) is 0.467. The van der Waals surface area contributed by atoms with E-state index >= 15 is 0 Å². The molecule has 1 aromatic rings. The molecule has 0 spiro atoms. The molecule has 1 aliphatic rings. The Kier molecular flexibility index (Phi) is 4.20. The summed E-state index contributed by atoms with van der Waals surface area (Å²) in [5.74, 6) is -0.153. The number of anilines is 1. The Morgan fingerprint density at radius 2 is 1.89 bits per heavy atom. The first kappa shape index (κ1) is 13.6. The number of Topliss-reactive ketones (excluding diaryl/α,β-unsaturated/α-hetero) is 1. The maximum atomic E-state index is 11.6. The third kappa shape index (κ3) is 3.56. The number of benzene rings is 1. The van der Waals surface area contributed by atoms with E-state index in [1.807, 2.05) is 12.1 Å². The van der Waals surface area contributed by atoms with Crippen molar-refractivity contribution in [3.05, 3.63) is 29.8 Å². The van der Waals surface area contributed by atoms with Gasteiger partial charge in [0.1, 0.15) is 6.54 Å². The molecule has 1 saturated carbocycles. The van der Waals surface area contributed by atoms with Crippen molar-refractivity contribution >= 4 is 17.4 Å². The van der Waals surface area contributed by atoms with Crippen LogP contribution in [0.1, 0.15) is 37.0 Å². The topological polar surface area (TPSA) is 46.6 Å². The van der Waals surface area contributed by atoms with Crippen molar-refractivity contribution in [3.8, 4) is 0 Å². The number of esters is 1. The molecule has 1 aliphatic carbocycles. The van der Waals surface area contributed by atoms with Crippen molar-refractivity contribution in [3.63, 3.8) is 0 Å². The van der Waals surface area contributed by atoms with Crippen LogP contribution in [0.4, 0.5) is 5.69 Å². The van der Waals surface area contributed by atoms with Crippen LogP contribution in [0.25, 0.3) is 0 Å². The SMILES string of the molecule is CCOC(=O)CN(c1ccc(C(C)=O)cc1)C1CC1. The van der Waals surface area contributed by atoms with Crippen LogP contribution in [0.3, 0.4) is 0 Å². The molecule has 0 aliphatic heterocycles. The molecule has 19 heavy (non-hydrogen) atoms. The van der Waals surface area contributed by atoms with Gasteiger partial charge in [-0.25, -0.2) is 0 Å². The molecule has 2 rings (SSSR count). The third-order valence-electron chi connectivity index (χ3n) is 3.20. The summed E-state index contributed by atoms with van der Waals surface area (Å²) < 4.78 is 5.00. The summed E-state index contributed by atoms with van der Waals surface area (Å²) in [6.45, 7) is 4.03. The first-order valence-corrected chi connectivity index (χ1v) is 6.65. The highest BCUT2D eigenvalue weighted by atomic mass is 16.5. The monoisotopic (exact) mass is 261 g/mol. The van der Waals surface area contributed by atoms with Crippen molar-refractivity contribution in [2.45, 2.75) is 32.7 Å². The summed E-state index contributed by atoms with van der Waals surface area (Å²) in [7, 11) is 0. The fourth-order valence-corrected chi connectivity index (χ4v) is 2.05. The van der Waals surface area contributed by atoms with E-state index in [1.165, 1.54) is 0 Å². The van der Waals surface area contributed by atoms with Crippen LogP contribution >= 0.6 is 0 Å². The molecule has 0 aromatic heterocycles. The first-order valence-electron chi connectivity index (χ1n) is 6.65. The highest BCUT2D eigenvalue weighted by molar-refractivity contribution is 5.94. The Morgan fingerprint density at radius 3 is 2.37 bits per heavy atom. The van der Waals surface area contributed by atoms with E-state index in [1.54, 1.807) is 26.0 Å². The van der Waals surface area contributed by atoms with Gasteiger partial charge in [0, 0.05) is 17.3 Å². The maximum Gasteiger partial charge on any atom is 0.325 e. The minimum atomic E-state index is -0.204. The maximum absolute atomic E-state index is 11.6. The Bertz CT molecular complexity index is 463. The zero-order valence-electron chi connectivity index (χ0n) is 11.4. The third-order valence-corrected chi connectivity index (χ3v) is 3.20. The Morgan fingerprint density at radius 1 is 1.26 bits per heavy atom. The lowest BCUT2D eigenvalue weighted by atomic mass is 10.1. The van der Waals surface area contributed by atoms with E-state index in [-0.39, 0.29) is 18.3 Å². The number of ether oxygens (including phenoxy) is 1. The zero-order valence-corrected chi connectivity index (χ0v) is 11.4. The molecule has 102 valence electrons. The highest BCUT2D eigenvalue weighted by Gasteiger charge is 2.30. The van der Waals surface area contributed by atoms with Gasteiger partial charge in [0.05, 0.1) is 6.61 Å². The van der Waals surface area contributed by atoms with Crippen LogP contribution in [0, 0.1) is 0 Å². The second-order valence-electron chi connectivity index (χ2n) is 4.77. The smallest absolute Gasteiger partial charge is 0.325 e. The van der Waals surface area contributed by atoms with E-state index in [4.69, 9.17) is 4.74 Å². The summed E-state index contributed by atoms with van der Waals surface area (Å²) >= 11 is 0. The van der Waals surface area contributed by atoms with E-state index in [9.17, 15) is 9.59 Å². The number of carbonyl (C=O) groups is 2. The highest BCUT2D eigenvalue weighted by Crippen LogP contribution is 2.31. The Balaban J connectivity index is 2.10. The average Bonchev–Trinajstić information content (AvgIpc) is 3.21.